The van der Waals surface area contributed by atoms with Gasteiger partial charge in [-0.1, -0.05) is 42.5 Å². The summed E-state index contributed by atoms with van der Waals surface area (Å²) in [5.41, 5.74) is 1.10. The summed E-state index contributed by atoms with van der Waals surface area (Å²) in [7, 11) is -3.54. The van der Waals surface area contributed by atoms with Crippen molar-refractivity contribution in [2.24, 2.45) is 0 Å². The summed E-state index contributed by atoms with van der Waals surface area (Å²) >= 11 is -1.61. The van der Waals surface area contributed by atoms with E-state index in [1.54, 1.807) is 30.3 Å². The van der Waals surface area contributed by atoms with Gasteiger partial charge in [0.25, 0.3) is 0 Å². The summed E-state index contributed by atoms with van der Waals surface area (Å²) in [6.45, 7) is 3.74. The summed E-state index contributed by atoms with van der Waals surface area (Å²) < 4.78 is 42.9. The van der Waals surface area contributed by atoms with Crippen LogP contribution in [0.2, 0.25) is 0 Å². The van der Waals surface area contributed by atoms with Gasteiger partial charge < -0.3 is 14.8 Å². The minimum Gasteiger partial charge on any atom is -0.368 e. The van der Waals surface area contributed by atoms with Crippen LogP contribution in [0.3, 0.4) is 0 Å². The summed E-state index contributed by atoms with van der Waals surface area (Å²) in [5, 5.41) is 5.12. The molecule has 0 aromatic heterocycles. The average molecular weight is 433 g/mol. The normalized spacial score (nSPS) is 15.4. The van der Waals surface area contributed by atoms with E-state index in [9.17, 15) is 8.42 Å². The summed E-state index contributed by atoms with van der Waals surface area (Å²) in [6, 6.07) is 20.1. The average Bonchev–Trinajstić information content (AvgIpc) is 2.74. The Labute approximate surface area is 173 Å². The molecule has 1 fully saturated rings. The molecular weight excluding hydrogens is 408 g/mol. The highest BCUT2D eigenvalue weighted by atomic mass is 32.2. The number of fused-ring (bicyclic) bond motifs is 1. The molecule has 1 aliphatic rings. The van der Waals surface area contributed by atoms with E-state index in [4.69, 9.17) is 8.76 Å². The number of hydrogen-bond acceptors (Lipinski definition) is 5. The van der Waals surface area contributed by atoms with Crippen LogP contribution in [0.15, 0.2) is 76.5 Å². The van der Waals surface area contributed by atoms with Crippen molar-refractivity contribution in [3.63, 3.8) is 0 Å². The number of sulfone groups is 1. The predicted octanol–water partition coefficient (Wildman–Crippen LogP) is 2.92. The van der Waals surface area contributed by atoms with Gasteiger partial charge in [0, 0.05) is 48.9 Å². The molecule has 6 nitrogen and oxygen atoms in total. The molecule has 1 unspecified atom stereocenters. The van der Waals surface area contributed by atoms with Crippen LogP contribution < -0.4 is 10.2 Å². The fourth-order valence-corrected chi connectivity index (χ4v) is 4.88. The zero-order chi connectivity index (χ0) is 20.9. The molecule has 3 aromatic rings. The van der Waals surface area contributed by atoms with Crippen LogP contribution in [0.25, 0.3) is 10.8 Å². The Kier molecular flexibility index (Phi) is 7.02. The van der Waals surface area contributed by atoms with Crippen molar-refractivity contribution in [3.8, 4) is 0 Å². The fourth-order valence-electron chi connectivity index (χ4n) is 3.40. The van der Waals surface area contributed by atoms with Gasteiger partial charge >= 0.3 is 0 Å². The number of benzene rings is 3. The Hall–Kier alpha value is -2.26. The van der Waals surface area contributed by atoms with Gasteiger partial charge in [-0.15, -0.1) is 0 Å². The van der Waals surface area contributed by atoms with E-state index >= 15 is 0 Å². The molecule has 0 bridgehead atoms. The maximum atomic E-state index is 13.1. The molecule has 0 saturated carbocycles. The van der Waals surface area contributed by atoms with Crippen molar-refractivity contribution < 1.29 is 17.2 Å². The van der Waals surface area contributed by atoms with E-state index in [1.807, 2.05) is 36.4 Å². The van der Waals surface area contributed by atoms with Gasteiger partial charge in [0.05, 0.1) is 9.79 Å². The lowest BCUT2D eigenvalue weighted by Crippen LogP contribution is -2.43. The van der Waals surface area contributed by atoms with Gasteiger partial charge in [0.1, 0.15) is 11.1 Å². The smallest absolute Gasteiger partial charge is 0.207 e. The minimum absolute atomic E-state index is 0.329. The van der Waals surface area contributed by atoms with E-state index in [0.29, 0.717) is 9.79 Å². The topological polar surface area (TPSA) is 86.7 Å². The summed E-state index contributed by atoms with van der Waals surface area (Å²) in [4.78, 5) is 3.01. The number of rotatable bonds is 3. The molecule has 1 aliphatic heterocycles. The second-order valence-electron chi connectivity index (χ2n) is 6.61. The third kappa shape index (κ3) is 5.02. The Balaban J connectivity index is 0.000000552. The van der Waals surface area contributed by atoms with Crippen LogP contribution in [-0.2, 0) is 20.9 Å². The number of hydrogen-bond donors (Lipinski definition) is 2. The second kappa shape index (κ2) is 9.49. The molecule has 4 rings (SSSR count). The number of anilines is 1. The highest BCUT2D eigenvalue weighted by Crippen LogP contribution is 2.34. The van der Waals surface area contributed by atoms with Crippen LogP contribution in [-0.4, -0.2) is 49.6 Å². The maximum absolute atomic E-state index is 13.1. The highest BCUT2D eigenvalue weighted by molar-refractivity contribution is 7.91. The molecule has 0 aliphatic carbocycles. The van der Waals surface area contributed by atoms with E-state index in [-0.39, 0.29) is 0 Å². The summed E-state index contributed by atoms with van der Waals surface area (Å²) in [6.07, 6.45) is 1.19. The second-order valence-corrected chi connectivity index (χ2v) is 9.37. The SMILES string of the molecule is CS(=O)O.O=S(=O)(c1ccccc1)c1ccc(N2CCNCC2)c2ccccc12. The predicted molar refractivity (Wildman–Crippen MR) is 118 cm³/mol. The van der Waals surface area contributed by atoms with Gasteiger partial charge in [-0.2, -0.15) is 0 Å². The molecule has 1 heterocycles. The highest BCUT2D eigenvalue weighted by Gasteiger charge is 2.22. The monoisotopic (exact) mass is 432 g/mol. The van der Waals surface area contributed by atoms with Crippen LogP contribution in [0.4, 0.5) is 5.69 Å². The van der Waals surface area contributed by atoms with Gasteiger partial charge in [-0.05, 0) is 24.3 Å². The zero-order valence-electron chi connectivity index (χ0n) is 16.1. The zero-order valence-corrected chi connectivity index (χ0v) is 17.7. The first kappa shape index (κ1) is 21.4. The Morgan fingerprint density at radius 1 is 0.897 bits per heavy atom. The third-order valence-corrected chi connectivity index (χ3v) is 6.49. The van der Waals surface area contributed by atoms with Gasteiger partial charge in [0.15, 0.2) is 0 Å². The van der Waals surface area contributed by atoms with E-state index < -0.39 is 20.9 Å². The Bertz CT molecular complexity index is 1090. The van der Waals surface area contributed by atoms with Crippen LogP contribution in [0, 0.1) is 0 Å². The fraction of sp³-hybridized carbons (Fsp3) is 0.238. The van der Waals surface area contributed by atoms with Crippen LogP contribution in [0.1, 0.15) is 0 Å². The van der Waals surface area contributed by atoms with Crippen LogP contribution >= 0.6 is 0 Å². The standard InChI is InChI=1S/C20H20N2O2S.CH4O2S/c23-25(24,16-6-2-1-3-7-16)20-11-10-19(22-14-12-21-13-15-22)17-8-4-5-9-18(17)20;1-4(2)3/h1-11,21H,12-15H2;1H3,(H,2,3). The van der Waals surface area contributed by atoms with Crippen molar-refractivity contribution in [3.05, 3.63) is 66.7 Å². The van der Waals surface area contributed by atoms with Gasteiger partial charge in [0.2, 0.25) is 9.84 Å². The first-order valence-electron chi connectivity index (χ1n) is 9.21. The lowest BCUT2D eigenvalue weighted by molar-refractivity contribution is 0.571. The Morgan fingerprint density at radius 2 is 1.45 bits per heavy atom. The quantitative estimate of drug-likeness (QED) is 0.619. The molecule has 1 saturated heterocycles. The molecule has 154 valence electrons. The molecule has 0 spiro atoms. The van der Waals surface area contributed by atoms with E-state index in [2.05, 4.69) is 10.2 Å². The third-order valence-electron chi connectivity index (χ3n) is 4.66. The molecule has 0 radical (unpaired) electrons. The molecular formula is C21H24N2O4S2. The largest absolute Gasteiger partial charge is 0.368 e. The van der Waals surface area contributed by atoms with Crippen molar-refractivity contribution in [1.82, 2.24) is 5.32 Å². The molecule has 29 heavy (non-hydrogen) atoms. The van der Waals surface area contributed by atoms with Crippen molar-refractivity contribution in [1.29, 1.82) is 0 Å². The van der Waals surface area contributed by atoms with Crippen LogP contribution in [0.5, 0.6) is 0 Å². The molecule has 0 amide bonds. The molecule has 2 N–H and O–H groups in total. The first-order chi connectivity index (χ1) is 13.9. The number of piperazine rings is 1. The molecule has 1 atom stereocenters. The number of nitrogens with one attached hydrogen (secondary N) is 1. The van der Waals surface area contributed by atoms with E-state index in [0.717, 1.165) is 42.6 Å². The maximum Gasteiger partial charge on any atom is 0.207 e. The van der Waals surface area contributed by atoms with Gasteiger partial charge in [-0.3, -0.25) is 0 Å². The lowest BCUT2D eigenvalue weighted by atomic mass is 10.1. The van der Waals surface area contributed by atoms with Crippen molar-refractivity contribution in [2.75, 3.05) is 37.3 Å². The lowest BCUT2D eigenvalue weighted by Gasteiger charge is -2.30. The Morgan fingerprint density at radius 3 is 2.07 bits per heavy atom. The minimum atomic E-state index is -3.54. The molecule has 3 aromatic carbocycles. The van der Waals surface area contributed by atoms with Gasteiger partial charge in [-0.25, -0.2) is 12.6 Å². The number of nitrogens with zero attached hydrogens (tertiary/aromatic N) is 1. The van der Waals surface area contributed by atoms with Crippen molar-refractivity contribution in [2.45, 2.75) is 9.79 Å². The van der Waals surface area contributed by atoms with E-state index in [1.165, 1.54) is 6.26 Å². The molecule has 8 heteroatoms. The van der Waals surface area contributed by atoms with Crippen molar-refractivity contribution >= 4 is 37.4 Å². The summed E-state index contributed by atoms with van der Waals surface area (Å²) in [5.74, 6) is 0. The first-order valence-corrected chi connectivity index (χ1v) is 12.2.